The highest BCUT2D eigenvalue weighted by Gasteiger charge is 2.13. The molecule has 60 valence electrons. The van der Waals surface area contributed by atoms with Crippen LogP contribution in [0.1, 0.15) is 27.2 Å². The Kier molecular flexibility index (Phi) is 4.94. The van der Waals surface area contributed by atoms with Crippen molar-refractivity contribution in [3.05, 3.63) is 0 Å². The Morgan fingerprint density at radius 3 is 2.20 bits per heavy atom. The third-order valence-corrected chi connectivity index (χ3v) is 1.18. The van der Waals surface area contributed by atoms with E-state index in [1.54, 1.807) is 6.92 Å². The molecule has 0 aromatic rings. The summed E-state index contributed by atoms with van der Waals surface area (Å²) in [5, 5.41) is 10.8. The normalized spacial score (nSPS) is 23.1. The number of hydrogen-bond acceptors (Lipinski definition) is 3. The van der Waals surface area contributed by atoms with E-state index in [0.29, 0.717) is 6.10 Å². The zero-order valence-corrected chi connectivity index (χ0v) is 6.79. The van der Waals surface area contributed by atoms with Crippen LogP contribution in [0.3, 0.4) is 0 Å². The van der Waals surface area contributed by atoms with Crippen molar-refractivity contribution in [1.29, 1.82) is 0 Å². The monoisotopic (exact) mass is 145 g/mol. The standard InChI is InChI=1S/C4H9NO.C3H6O/c1-3-4(2)5-6;1-3-2-4-3/h6H,3H2,1-2H3;3H,2H2,1H3. The molecule has 3 nitrogen and oxygen atoms in total. The molecule has 0 amide bonds. The molecule has 1 fully saturated rings. The molecule has 1 heterocycles. The summed E-state index contributed by atoms with van der Waals surface area (Å²) >= 11 is 0. The summed E-state index contributed by atoms with van der Waals surface area (Å²) in [5.74, 6) is 0. The summed E-state index contributed by atoms with van der Waals surface area (Å²) in [7, 11) is 0. The van der Waals surface area contributed by atoms with Crippen molar-refractivity contribution < 1.29 is 9.94 Å². The van der Waals surface area contributed by atoms with Gasteiger partial charge in [-0.2, -0.15) is 0 Å². The lowest BCUT2D eigenvalue weighted by Gasteiger charge is -1.81. The van der Waals surface area contributed by atoms with Gasteiger partial charge in [-0.15, -0.1) is 0 Å². The first-order chi connectivity index (χ1) is 4.70. The molecule has 10 heavy (non-hydrogen) atoms. The molecule has 0 aliphatic carbocycles. The molecule has 0 aromatic heterocycles. The molecule has 1 saturated heterocycles. The van der Waals surface area contributed by atoms with Crippen LogP contribution in [0.15, 0.2) is 5.16 Å². The maximum atomic E-state index is 7.92. The van der Waals surface area contributed by atoms with Crippen LogP contribution < -0.4 is 0 Å². The molecule has 1 aliphatic rings. The van der Waals surface area contributed by atoms with Crippen LogP contribution in [0, 0.1) is 0 Å². The van der Waals surface area contributed by atoms with E-state index in [1.165, 1.54) is 0 Å². The fourth-order valence-electron chi connectivity index (χ4n) is 0.167. The third kappa shape index (κ3) is 7.43. The summed E-state index contributed by atoms with van der Waals surface area (Å²) in [4.78, 5) is 0. The van der Waals surface area contributed by atoms with Gasteiger partial charge >= 0.3 is 0 Å². The number of hydrogen-bond donors (Lipinski definition) is 1. The Balaban J connectivity index is 0.000000172. The predicted octanol–water partition coefficient (Wildman–Crippen LogP) is 1.65. The molecule has 0 saturated carbocycles. The summed E-state index contributed by atoms with van der Waals surface area (Å²) in [6.45, 7) is 6.76. The Hall–Kier alpha value is -0.570. The van der Waals surface area contributed by atoms with Gasteiger partial charge in [-0.1, -0.05) is 12.1 Å². The van der Waals surface area contributed by atoms with Crippen molar-refractivity contribution in [2.75, 3.05) is 6.61 Å². The van der Waals surface area contributed by atoms with Crippen molar-refractivity contribution in [2.45, 2.75) is 33.3 Å². The lowest BCUT2D eigenvalue weighted by Crippen LogP contribution is -1.83. The average molecular weight is 145 g/mol. The van der Waals surface area contributed by atoms with Crippen LogP contribution in [-0.2, 0) is 4.74 Å². The van der Waals surface area contributed by atoms with Gasteiger partial charge in [0.1, 0.15) is 0 Å². The highest BCUT2D eigenvalue weighted by molar-refractivity contribution is 5.80. The molecular weight excluding hydrogens is 130 g/mol. The SMILES string of the molecule is CC1CO1.CCC(C)=NO. The topological polar surface area (TPSA) is 45.1 Å². The molecule has 3 heteroatoms. The molecule has 0 aromatic carbocycles. The quantitative estimate of drug-likeness (QED) is 0.264. The van der Waals surface area contributed by atoms with E-state index >= 15 is 0 Å². The van der Waals surface area contributed by atoms with Gasteiger partial charge in [-0.25, -0.2) is 0 Å². The molecule has 1 rings (SSSR count). The Morgan fingerprint density at radius 1 is 1.80 bits per heavy atom. The summed E-state index contributed by atoms with van der Waals surface area (Å²) < 4.78 is 4.71. The minimum atomic E-state index is 0.583. The molecule has 0 radical (unpaired) electrons. The molecule has 0 bridgehead atoms. The van der Waals surface area contributed by atoms with E-state index in [9.17, 15) is 0 Å². The third-order valence-electron chi connectivity index (χ3n) is 1.18. The fraction of sp³-hybridized carbons (Fsp3) is 0.857. The molecule has 1 aliphatic heterocycles. The first kappa shape index (κ1) is 9.43. The minimum absolute atomic E-state index is 0.583. The van der Waals surface area contributed by atoms with E-state index in [-0.39, 0.29) is 0 Å². The molecular formula is C7H15NO2. The zero-order valence-electron chi connectivity index (χ0n) is 6.79. The van der Waals surface area contributed by atoms with Gasteiger partial charge in [-0.05, 0) is 20.3 Å². The van der Waals surface area contributed by atoms with Crippen molar-refractivity contribution in [3.8, 4) is 0 Å². The van der Waals surface area contributed by atoms with Crippen LogP contribution in [0.25, 0.3) is 0 Å². The first-order valence-corrected chi connectivity index (χ1v) is 3.49. The average Bonchev–Trinajstić information content (AvgIpc) is 2.71. The summed E-state index contributed by atoms with van der Waals surface area (Å²) in [6, 6.07) is 0. The highest BCUT2D eigenvalue weighted by atomic mass is 16.6. The Labute approximate surface area is 61.7 Å². The van der Waals surface area contributed by atoms with Crippen molar-refractivity contribution in [2.24, 2.45) is 5.16 Å². The molecule has 1 atom stereocenters. The Bertz CT molecular complexity index is 108. The van der Waals surface area contributed by atoms with E-state index in [1.807, 2.05) is 6.92 Å². The highest BCUT2D eigenvalue weighted by Crippen LogP contribution is 2.04. The van der Waals surface area contributed by atoms with Gasteiger partial charge in [0.05, 0.1) is 18.4 Å². The lowest BCUT2D eigenvalue weighted by atomic mass is 10.3. The number of oxime groups is 1. The maximum absolute atomic E-state index is 7.92. The second kappa shape index (κ2) is 5.23. The summed E-state index contributed by atoms with van der Waals surface area (Å²) in [5.41, 5.74) is 0.773. The number of rotatable bonds is 1. The molecule has 1 N–H and O–H groups in total. The van der Waals surface area contributed by atoms with Crippen molar-refractivity contribution >= 4 is 5.71 Å². The van der Waals surface area contributed by atoms with E-state index in [4.69, 9.17) is 9.94 Å². The van der Waals surface area contributed by atoms with Crippen molar-refractivity contribution in [3.63, 3.8) is 0 Å². The summed E-state index contributed by atoms with van der Waals surface area (Å²) in [6.07, 6.45) is 1.41. The van der Waals surface area contributed by atoms with Gasteiger partial charge in [0, 0.05) is 0 Å². The zero-order chi connectivity index (χ0) is 7.98. The number of ether oxygens (including phenoxy) is 1. The number of nitrogens with zero attached hydrogens (tertiary/aromatic N) is 1. The van der Waals surface area contributed by atoms with Crippen LogP contribution in [-0.4, -0.2) is 23.6 Å². The largest absolute Gasteiger partial charge is 0.411 e. The van der Waals surface area contributed by atoms with Gasteiger partial charge < -0.3 is 9.94 Å². The second-order valence-electron chi connectivity index (χ2n) is 2.33. The van der Waals surface area contributed by atoms with Crippen molar-refractivity contribution in [1.82, 2.24) is 0 Å². The van der Waals surface area contributed by atoms with E-state index < -0.39 is 0 Å². The fourth-order valence-corrected chi connectivity index (χ4v) is 0.167. The van der Waals surface area contributed by atoms with E-state index in [0.717, 1.165) is 18.7 Å². The minimum Gasteiger partial charge on any atom is -0.411 e. The van der Waals surface area contributed by atoms with Gasteiger partial charge in [0.2, 0.25) is 0 Å². The van der Waals surface area contributed by atoms with Crippen LogP contribution in [0.5, 0.6) is 0 Å². The van der Waals surface area contributed by atoms with Gasteiger partial charge in [-0.3, -0.25) is 0 Å². The molecule has 1 unspecified atom stereocenters. The van der Waals surface area contributed by atoms with Crippen LogP contribution in [0.2, 0.25) is 0 Å². The van der Waals surface area contributed by atoms with Gasteiger partial charge in [0.25, 0.3) is 0 Å². The van der Waals surface area contributed by atoms with E-state index in [2.05, 4.69) is 12.1 Å². The lowest BCUT2D eigenvalue weighted by molar-refractivity contribution is 0.317. The van der Waals surface area contributed by atoms with Gasteiger partial charge in [0.15, 0.2) is 0 Å². The number of epoxide rings is 1. The smallest absolute Gasteiger partial charge is 0.0781 e. The Morgan fingerprint density at radius 2 is 2.20 bits per heavy atom. The molecule has 0 spiro atoms. The first-order valence-electron chi connectivity index (χ1n) is 3.49. The van der Waals surface area contributed by atoms with Crippen LogP contribution >= 0.6 is 0 Å². The maximum Gasteiger partial charge on any atom is 0.0781 e. The second-order valence-corrected chi connectivity index (χ2v) is 2.33. The predicted molar refractivity (Wildman–Crippen MR) is 40.6 cm³/mol. The van der Waals surface area contributed by atoms with Crippen LogP contribution in [0.4, 0.5) is 0 Å².